The van der Waals surface area contributed by atoms with Gasteiger partial charge in [-0.2, -0.15) is 0 Å². The van der Waals surface area contributed by atoms with E-state index in [-0.39, 0.29) is 0 Å². The molecule has 1 unspecified atom stereocenters. The summed E-state index contributed by atoms with van der Waals surface area (Å²) in [6.07, 6.45) is 4.62. The van der Waals surface area contributed by atoms with Gasteiger partial charge in [-0.25, -0.2) is 4.98 Å². The normalized spacial score (nSPS) is 20.5. The van der Waals surface area contributed by atoms with E-state index in [1.807, 2.05) is 0 Å². The first-order valence-electron chi connectivity index (χ1n) is 4.37. The van der Waals surface area contributed by atoms with Gasteiger partial charge in [-0.05, 0) is 18.8 Å². The van der Waals surface area contributed by atoms with Crippen LogP contribution in [0.3, 0.4) is 0 Å². The number of aryl methyl sites for hydroxylation is 1. The van der Waals surface area contributed by atoms with Crippen LogP contribution in [0.1, 0.15) is 37.0 Å². The summed E-state index contributed by atoms with van der Waals surface area (Å²) < 4.78 is 5.03. The van der Waals surface area contributed by atoms with Crippen molar-refractivity contribution < 1.29 is 9.52 Å². The minimum Gasteiger partial charge on any atom is -0.449 e. The minimum absolute atomic E-state index is 0.406. The highest BCUT2D eigenvalue weighted by Gasteiger charge is 2.28. The Kier molecular flexibility index (Phi) is 1.89. The second-order valence-corrected chi connectivity index (χ2v) is 3.43. The summed E-state index contributed by atoms with van der Waals surface area (Å²) in [7, 11) is 0. The summed E-state index contributed by atoms with van der Waals surface area (Å²) in [5.74, 6) is 1.04. The van der Waals surface area contributed by atoms with E-state index >= 15 is 0 Å². The maximum absolute atomic E-state index is 9.73. The van der Waals surface area contributed by atoms with Gasteiger partial charge in [-0.1, -0.05) is 6.42 Å². The molecule has 1 aliphatic rings. The van der Waals surface area contributed by atoms with Gasteiger partial charge in [0.2, 0.25) is 0 Å². The van der Waals surface area contributed by atoms with Crippen molar-refractivity contribution in [3.8, 4) is 0 Å². The molecule has 3 heteroatoms. The Morgan fingerprint density at radius 1 is 1.67 bits per heavy atom. The van der Waals surface area contributed by atoms with Crippen LogP contribution in [0.25, 0.3) is 0 Å². The molecule has 1 aromatic rings. The molecular weight excluding hydrogens is 154 g/mol. The molecule has 12 heavy (non-hydrogen) atoms. The van der Waals surface area contributed by atoms with Crippen LogP contribution in [-0.2, 0) is 0 Å². The van der Waals surface area contributed by atoms with E-state index < -0.39 is 6.10 Å². The van der Waals surface area contributed by atoms with Crippen LogP contribution in [0.5, 0.6) is 0 Å². The summed E-state index contributed by atoms with van der Waals surface area (Å²) in [5.41, 5.74) is 0.692. The third-order valence-electron chi connectivity index (χ3n) is 2.54. The van der Waals surface area contributed by atoms with Crippen molar-refractivity contribution >= 4 is 0 Å². The molecule has 3 nitrogen and oxygen atoms in total. The van der Waals surface area contributed by atoms with Gasteiger partial charge >= 0.3 is 0 Å². The predicted octanol–water partition coefficient (Wildman–Crippen LogP) is 1.82. The molecule has 66 valence electrons. The van der Waals surface area contributed by atoms with E-state index in [9.17, 15) is 5.11 Å². The molecule has 1 atom stereocenters. The van der Waals surface area contributed by atoms with Gasteiger partial charge in [0.15, 0.2) is 5.89 Å². The minimum atomic E-state index is -0.406. The van der Waals surface area contributed by atoms with Gasteiger partial charge in [0.25, 0.3) is 0 Å². The van der Waals surface area contributed by atoms with Crippen molar-refractivity contribution in [2.45, 2.75) is 32.3 Å². The highest BCUT2D eigenvalue weighted by atomic mass is 16.3. The molecule has 1 fully saturated rings. The van der Waals surface area contributed by atoms with Gasteiger partial charge in [0.1, 0.15) is 18.1 Å². The Bertz CT molecular complexity index is 265. The predicted molar refractivity (Wildman–Crippen MR) is 43.5 cm³/mol. The zero-order chi connectivity index (χ0) is 8.55. The van der Waals surface area contributed by atoms with Crippen LogP contribution >= 0.6 is 0 Å². The monoisotopic (exact) mass is 167 g/mol. The smallest absolute Gasteiger partial charge is 0.191 e. The van der Waals surface area contributed by atoms with Crippen LogP contribution in [0, 0.1) is 12.8 Å². The highest BCUT2D eigenvalue weighted by Crippen LogP contribution is 2.36. The molecule has 0 bridgehead atoms. The van der Waals surface area contributed by atoms with Crippen molar-refractivity contribution in [2.24, 2.45) is 5.92 Å². The first-order chi connectivity index (χ1) is 5.77. The topological polar surface area (TPSA) is 46.3 Å². The van der Waals surface area contributed by atoms with Crippen molar-refractivity contribution in [3.05, 3.63) is 17.8 Å². The van der Waals surface area contributed by atoms with Crippen LogP contribution in [0.15, 0.2) is 10.7 Å². The molecule has 0 amide bonds. The van der Waals surface area contributed by atoms with Crippen molar-refractivity contribution in [3.63, 3.8) is 0 Å². The molecule has 1 heterocycles. The van der Waals surface area contributed by atoms with E-state index in [0.717, 1.165) is 12.8 Å². The number of aromatic nitrogens is 1. The van der Waals surface area contributed by atoms with Crippen molar-refractivity contribution in [1.82, 2.24) is 4.98 Å². The van der Waals surface area contributed by atoms with Crippen LogP contribution < -0.4 is 0 Å². The fourth-order valence-corrected chi connectivity index (χ4v) is 1.51. The molecule has 2 rings (SSSR count). The zero-order valence-electron chi connectivity index (χ0n) is 7.16. The molecule has 0 saturated heterocycles. The SMILES string of the molecule is Cc1nc(C(O)C2CCC2)co1. The third kappa shape index (κ3) is 1.25. The number of aliphatic hydroxyl groups is 1. The lowest BCUT2D eigenvalue weighted by atomic mass is 9.80. The number of rotatable bonds is 2. The zero-order valence-corrected chi connectivity index (χ0v) is 7.16. The Morgan fingerprint density at radius 3 is 2.83 bits per heavy atom. The van der Waals surface area contributed by atoms with E-state index in [2.05, 4.69) is 4.98 Å². The van der Waals surface area contributed by atoms with E-state index in [4.69, 9.17) is 4.42 Å². The van der Waals surface area contributed by atoms with E-state index in [0.29, 0.717) is 17.5 Å². The van der Waals surface area contributed by atoms with Gasteiger partial charge in [-0.3, -0.25) is 0 Å². The number of hydrogen-bond acceptors (Lipinski definition) is 3. The second kappa shape index (κ2) is 2.90. The molecule has 0 aromatic carbocycles. The summed E-state index contributed by atoms with van der Waals surface area (Å²) in [6, 6.07) is 0. The Labute approximate surface area is 71.4 Å². The number of aliphatic hydroxyl groups excluding tert-OH is 1. The standard InChI is InChI=1S/C9H13NO2/c1-6-10-8(5-12-6)9(11)7-3-2-4-7/h5,7,9,11H,2-4H2,1H3. The van der Waals surface area contributed by atoms with Crippen molar-refractivity contribution in [2.75, 3.05) is 0 Å². The summed E-state index contributed by atoms with van der Waals surface area (Å²) in [4.78, 5) is 4.10. The van der Waals surface area contributed by atoms with Gasteiger partial charge in [0.05, 0.1) is 0 Å². The third-order valence-corrected chi connectivity index (χ3v) is 2.54. The average Bonchev–Trinajstić information content (AvgIpc) is 2.31. The van der Waals surface area contributed by atoms with Crippen LogP contribution in [0.4, 0.5) is 0 Å². The first kappa shape index (κ1) is 7.80. The molecular formula is C9H13NO2. The first-order valence-corrected chi connectivity index (χ1v) is 4.37. The van der Waals surface area contributed by atoms with Crippen LogP contribution in [-0.4, -0.2) is 10.1 Å². The molecule has 0 radical (unpaired) electrons. The fourth-order valence-electron chi connectivity index (χ4n) is 1.51. The lowest BCUT2D eigenvalue weighted by Gasteiger charge is -2.28. The summed E-state index contributed by atoms with van der Waals surface area (Å²) in [6.45, 7) is 1.79. The summed E-state index contributed by atoms with van der Waals surface area (Å²) >= 11 is 0. The van der Waals surface area contributed by atoms with E-state index in [1.165, 1.54) is 6.42 Å². The van der Waals surface area contributed by atoms with Gasteiger partial charge in [-0.15, -0.1) is 0 Å². The lowest BCUT2D eigenvalue weighted by molar-refractivity contribution is 0.0586. The maximum atomic E-state index is 9.73. The Hall–Kier alpha value is -0.830. The number of hydrogen-bond donors (Lipinski definition) is 1. The number of oxazole rings is 1. The molecule has 0 spiro atoms. The lowest BCUT2D eigenvalue weighted by Crippen LogP contribution is -2.20. The molecule has 1 N–H and O–H groups in total. The Balaban J connectivity index is 2.08. The van der Waals surface area contributed by atoms with Crippen LogP contribution in [0.2, 0.25) is 0 Å². The molecule has 0 aliphatic heterocycles. The quantitative estimate of drug-likeness (QED) is 0.730. The number of nitrogens with zero attached hydrogens (tertiary/aromatic N) is 1. The maximum Gasteiger partial charge on any atom is 0.191 e. The van der Waals surface area contributed by atoms with Gasteiger partial charge in [0, 0.05) is 6.92 Å². The molecule has 1 aromatic heterocycles. The molecule has 1 saturated carbocycles. The fraction of sp³-hybridized carbons (Fsp3) is 0.667. The average molecular weight is 167 g/mol. The van der Waals surface area contributed by atoms with Gasteiger partial charge < -0.3 is 9.52 Å². The summed E-state index contributed by atoms with van der Waals surface area (Å²) in [5, 5.41) is 9.73. The van der Waals surface area contributed by atoms with Crippen molar-refractivity contribution in [1.29, 1.82) is 0 Å². The molecule has 1 aliphatic carbocycles. The highest BCUT2D eigenvalue weighted by molar-refractivity contribution is 5.02. The Morgan fingerprint density at radius 2 is 2.42 bits per heavy atom. The van der Waals surface area contributed by atoms with E-state index in [1.54, 1.807) is 13.2 Å². The largest absolute Gasteiger partial charge is 0.449 e. The second-order valence-electron chi connectivity index (χ2n) is 3.43.